The van der Waals surface area contributed by atoms with Gasteiger partial charge in [-0.25, -0.2) is 9.97 Å². The van der Waals surface area contributed by atoms with Gasteiger partial charge in [0.05, 0.1) is 0 Å². The van der Waals surface area contributed by atoms with Crippen LogP contribution in [0.25, 0.3) is 11.4 Å². The monoisotopic (exact) mass is 322 g/mol. The highest BCUT2D eigenvalue weighted by Crippen LogP contribution is 2.39. The summed E-state index contributed by atoms with van der Waals surface area (Å²) in [7, 11) is 0. The van der Waals surface area contributed by atoms with E-state index < -0.39 is 0 Å². The van der Waals surface area contributed by atoms with Gasteiger partial charge in [-0.3, -0.25) is 4.79 Å². The van der Waals surface area contributed by atoms with Crippen molar-refractivity contribution in [3.63, 3.8) is 0 Å². The Labute approximate surface area is 142 Å². The molecule has 1 amide bonds. The van der Waals surface area contributed by atoms with Crippen molar-refractivity contribution in [2.24, 2.45) is 11.8 Å². The third-order valence-electron chi connectivity index (χ3n) is 5.01. The third-order valence-corrected chi connectivity index (χ3v) is 5.01. The van der Waals surface area contributed by atoms with Crippen LogP contribution in [0.2, 0.25) is 0 Å². The van der Waals surface area contributed by atoms with Crippen molar-refractivity contribution in [3.8, 4) is 11.4 Å². The van der Waals surface area contributed by atoms with Gasteiger partial charge in [0.1, 0.15) is 5.82 Å². The number of anilines is 1. The molecule has 5 nitrogen and oxygen atoms in total. The summed E-state index contributed by atoms with van der Waals surface area (Å²) < 4.78 is 0. The average molecular weight is 322 g/mol. The first-order valence-electron chi connectivity index (χ1n) is 8.64. The smallest absolute Gasteiger partial charge is 0.226 e. The minimum absolute atomic E-state index is 0.278. The molecule has 4 rings (SSSR count). The van der Waals surface area contributed by atoms with E-state index in [9.17, 15) is 4.79 Å². The van der Waals surface area contributed by atoms with Crippen LogP contribution in [-0.2, 0) is 4.79 Å². The zero-order valence-corrected chi connectivity index (χ0v) is 13.9. The second-order valence-corrected chi connectivity index (χ2v) is 6.74. The molecule has 1 aliphatic carbocycles. The SMILES string of the molecule is C[C@H]1C[C@@H]1C(=O)N1CCN(c2ccnc(-c3ccccc3)n2)CC1. The van der Waals surface area contributed by atoms with Crippen LogP contribution in [-0.4, -0.2) is 47.0 Å². The lowest BCUT2D eigenvalue weighted by Crippen LogP contribution is -2.49. The Bertz CT molecular complexity index is 725. The van der Waals surface area contributed by atoms with Crippen molar-refractivity contribution >= 4 is 11.7 Å². The quantitative estimate of drug-likeness (QED) is 0.871. The molecule has 2 aromatic rings. The largest absolute Gasteiger partial charge is 0.353 e. The van der Waals surface area contributed by atoms with E-state index in [0.29, 0.717) is 11.8 Å². The average Bonchev–Trinajstić information content (AvgIpc) is 3.39. The molecule has 2 atom stereocenters. The molecule has 0 unspecified atom stereocenters. The fourth-order valence-electron chi connectivity index (χ4n) is 3.31. The van der Waals surface area contributed by atoms with Crippen LogP contribution >= 0.6 is 0 Å². The highest BCUT2D eigenvalue weighted by molar-refractivity contribution is 5.81. The minimum Gasteiger partial charge on any atom is -0.353 e. The molecule has 124 valence electrons. The van der Waals surface area contributed by atoms with Gasteiger partial charge in [0, 0.05) is 43.9 Å². The summed E-state index contributed by atoms with van der Waals surface area (Å²) in [6.45, 7) is 5.39. The maximum absolute atomic E-state index is 12.3. The van der Waals surface area contributed by atoms with Crippen molar-refractivity contribution in [1.29, 1.82) is 0 Å². The number of hydrogen-bond acceptors (Lipinski definition) is 4. The molecule has 1 saturated heterocycles. The van der Waals surface area contributed by atoms with Gasteiger partial charge in [-0.15, -0.1) is 0 Å². The van der Waals surface area contributed by atoms with Gasteiger partial charge >= 0.3 is 0 Å². The van der Waals surface area contributed by atoms with E-state index in [-0.39, 0.29) is 5.92 Å². The molecule has 24 heavy (non-hydrogen) atoms. The third kappa shape index (κ3) is 2.98. The van der Waals surface area contributed by atoms with Crippen LogP contribution in [0.5, 0.6) is 0 Å². The highest BCUT2D eigenvalue weighted by Gasteiger charge is 2.42. The zero-order valence-electron chi connectivity index (χ0n) is 13.9. The number of piperazine rings is 1. The number of carbonyl (C=O) groups excluding carboxylic acids is 1. The summed E-state index contributed by atoms with van der Waals surface area (Å²) in [5.41, 5.74) is 1.02. The van der Waals surface area contributed by atoms with E-state index in [1.54, 1.807) is 0 Å². The Morgan fingerprint density at radius 2 is 1.79 bits per heavy atom. The van der Waals surface area contributed by atoms with Crippen LogP contribution in [0, 0.1) is 11.8 Å². The van der Waals surface area contributed by atoms with Crippen LogP contribution < -0.4 is 4.90 Å². The predicted octanol–water partition coefficient (Wildman–Crippen LogP) is 2.45. The molecule has 0 spiro atoms. The van der Waals surface area contributed by atoms with E-state index in [1.807, 2.05) is 47.5 Å². The Morgan fingerprint density at radius 1 is 1.08 bits per heavy atom. The number of aromatic nitrogens is 2. The standard InChI is InChI=1S/C19H22N4O/c1-14-13-16(14)19(24)23-11-9-22(10-12-23)17-7-8-20-18(21-17)15-5-3-2-4-6-15/h2-8,14,16H,9-13H2,1H3/t14-,16-/m0/s1. The van der Waals surface area contributed by atoms with Crippen LogP contribution in [0.3, 0.4) is 0 Å². The Morgan fingerprint density at radius 3 is 2.46 bits per heavy atom. The van der Waals surface area contributed by atoms with E-state index in [1.165, 1.54) is 0 Å². The second kappa shape index (κ2) is 6.23. The Kier molecular flexibility index (Phi) is 3.92. The Balaban J connectivity index is 1.43. The van der Waals surface area contributed by atoms with E-state index in [0.717, 1.165) is 49.8 Å². The number of nitrogens with zero attached hydrogens (tertiary/aromatic N) is 4. The molecular weight excluding hydrogens is 300 g/mol. The molecule has 0 radical (unpaired) electrons. The molecule has 0 bridgehead atoms. The molecule has 1 aliphatic heterocycles. The van der Waals surface area contributed by atoms with Gasteiger partial charge in [-0.2, -0.15) is 0 Å². The number of benzene rings is 1. The van der Waals surface area contributed by atoms with Gasteiger partial charge in [-0.05, 0) is 18.4 Å². The number of amides is 1. The molecule has 2 heterocycles. The minimum atomic E-state index is 0.278. The lowest BCUT2D eigenvalue weighted by molar-refractivity contribution is -0.133. The van der Waals surface area contributed by atoms with Crippen LogP contribution in [0.1, 0.15) is 13.3 Å². The van der Waals surface area contributed by atoms with Crippen molar-refractivity contribution in [1.82, 2.24) is 14.9 Å². The van der Waals surface area contributed by atoms with Crippen molar-refractivity contribution < 1.29 is 4.79 Å². The van der Waals surface area contributed by atoms with E-state index >= 15 is 0 Å². The lowest BCUT2D eigenvalue weighted by Gasteiger charge is -2.35. The number of carbonyl (C=O) groups is 1. The summed E-state index contributed by atoms with van der Waals surface area (Å²) in [5, 5.41) is 0. The first-order chi connectivity index (χ1) is 11.7. The molecule has 0 N–H and O–H groups in total. The maximum atomic E-state index is 12.3. The van der Waals surface area contributed by atoms with E-state index in [4.69, 9.17) is 4.98 Å². The molecular formula is C19H22N4O. The lowest BCUT2D eigenvalue weighted by atomic mass is 10.2. The zero-order chi connectivity index (χ0) is 16.5. The van der Waals surface area contributed by atoms with Gasteiger partial charge in [0.25, 0.3) is 0 Å². The summed E-state index contributed by atoms with van der Waals surface area (Å²) >= 11 is 0. The van der Waals surface area contributed by atoms with Crippen LogP contribution in [0.15, 0.2) is 42.6 Å². The second-order valence-electron chi connectivity index (χ2n) is 6.74. The molecule has 1 aromatic carbocycles. The highest BCUT2D eigenvalue weighted by atomic mass is 16.2. The molecule has 5 heteroatoms. The van der Waals surface area contributed by atoms with Gasteiger partial charge in [-0.1, -0.05) is 37.3 Å². The topological polar surface area (TPSA) is 49.3 Å². The molecule has 2 fully saturated rings. The van der Waals surface area contributed by atoms with Crippen molar-refractivity contribution in [2.45, 2.75) is 13.3 Å². The van der Waals surface area contributed by atoms with Gasteiger partial charge in [0.15, 0.2) is 5.82 Å². The summed E-state index contributed by atoms with van der Waals surface area (Å²) in [5.74, 6) is 2.88. The predicted molar refractivity (Wildman–Crippen MR) is 93.5 cm³/mol. The Hall–Kier alpha value is -2.43. The van der Waals surface area contributed by atoms with Crippen LogP contribution in [0.4, 0.5) is 5.82 Å². The normalized spacial score (nSPS) is 23.2. The van der Waals surface area contributed by atoms with Gasteiger partial charge < -0.3 is 9.80 Å². The first-order valence-corrected chi connectivity index (χ1v) is 8.64. The summed E-state index contributed by atoms with van der Waals surface area (Å²) in [6.07, 6.45) is 2.87. The van der Waals surface area contributed by atoms with Gasteiger partial charge in [0.2, 0.25) is 5.91 Å². The molecule has 1 aromatic heterocycles. The molecule has 1 saturated carbocycles. The summed E-state index contributed by atoms with van der Waals surface area (Å²) in [4.78, 5) is 25.7. The maximum Gasteiger partial charge on any atom is 0.226 e. The van der Waals surface area contributed by atoms with Crippen molar-refractivity contribution in [3.05, 3.63) is 42.6 Å². The first kappa shape index (κ1) is 15.1. The summed E-state index contributed by atoms with van der Waals surface area (Å²) in [6, 6.07) is 12.0. The van der Waals surface area contributed by atoms with Crippen molar-refractivity contribution in [2.75, 3.05) is 31.1 Å². The number of hydrogen-bond donors (Lipinski definition) is 0. The fourth-order valence-corrected chi connectivity index (χ4v) is 3.31. The molecule has 2 aliphatic rings. The fraction of sp³-hybridized carbons (Fsp3) is 0.421. The van der Waals surface area contributed by atoms with E-state index in [2.05, 4.69) is 16.8 Å². The number of rotatable bonds is 3.